The molecule has 0 saturated carbocycles. The van der Waals surface area contributed by atoms with Crippen LogP contribution in [0.5, 0.6) is 0 Å². The van der Waals surface area contributed by atoms with Crippen molar-refractivity contribution in [1.29, 1.82) is 0 Å². The molecular formula is C23H25ClN4O2. The van der Waals surface area contributed by atoms with E-state index in [0.29, 0.717) is 29.1 Å². The SMILES string of the molecule is CCC(c1nc2ccccc2c(=O)n1C)N1CCN(C(=O)c2ccc(Cl)cc2)CC1. The molecular weight excluding hydrogens is 400 g/mol. The number of nitrogens with zero attached hydrogens (tertiary/aromatic N) is 4. The highest BCUT2D eigenvalue weighted by Gasteiger charge is 2.29. The van der Waals surface area contributed by atoms with E-state index >= 15 is 0 Å². The first-order valence-electron chi connectivity index (χ1n) is 10.2. The minimum absolute atomic E-state index is 0.0226. The van der Waals surface area contributed by atoms with Gasteiger partial charge in [-0.3, -0.25) is 19.1 Å². The lowest BCUT2D eigenvalue weighted by Crippen LogP contribution is -2.50. The van der Waals surface area contributed by atoms with Gasteiger partial charge in [0, 0.05) is 43.8 Å². The van der Waals surface area contributed by atoms with Crippen LogP contribution in [0.3, 0.4) is 0 Å². The van der Waals surface area contributed by atoms with Crippen molar-refractivity contribution in [2.75, 3.05) is 26.2 Å². The van der Waals surface area contributed by atoms with Crippen molar-refractivity contribution in [3.05, 3.63) is 75.3 Å². The third kappa shape index (κ3) is 3.85. The molecule has 7 heteroatoms. The van der Waals surface area contributed by atoms with Gasteiger partial charge in [-0.05, 0) is 42.8 Å². The maximum atomic E-state index is 12.8. The van der Waals surface area contributed by atoms with Crippen molar-refractivity contribution in [1.82, 2.24) is 19.4 Å². The number of para-hydroxylation sites is 1. The molecule has 0 spiro atoms. The molecule has 4 rings (SSSR count). The van der Waals surface area contributed by atoms with Gasteiger partial charge in [-0.2, -0.15) is 0 Å². The summed E-state index contributed by atoms with van der Waals surface area (Å²) in [5, 5.41) is 1.26. The van der Waals surface area contributed by atoms with Gasteiger partial charge in [0.05, 0.1) is 16.9 Å². The molecule has 6 nitrogen and oxygen atoms in total. The smallest absolute Gasteiger partial charge is 0.261 e. The Kier molecular flexibility index (Phi) is 5.88. The number of fused-ring (bicyclic) bond motifs is 1. The number of hydrogen-bond donors (Lipinski definition) is 0. The van der Waals surface area contributed by atoms with Crippen LogP contribution in [-0.4, -0.2) is 51.4 Å². The molecule has 1 aliphatic rings. The predicted octanol–water partition coefficient (Wildman–Crippen LogP) is 3.50. The monoisotopic (exact) mass is 424 g/mol. The molecule has 156 valence electrons. The van der Waals surface area contributed by atoms with Gasteiger partial charge in [0.1, 0.15) is 5.82 Å². The topological polar surface area (TPSA) is 58.4 Å². The molecule has 1 amide bonds. The Labute approximate surface area is 180 Å². The molecule has 2 heterocycles. The number of aromatic nitrogens is 2. The quantitative estimate of drug-likeness (QED) is 0.643. The van der Waals surface area contributed by atoms with Crippen LogP contribution in [0.4, 0.5) is 0 Å². The summed E-state index contributed by atoms with van der Waals surface area (Å²) < 4.78 is 1.67. The number of carbonyl (C=O) groups is 1. The van der Waals surface area contributed by atoms with E-state index in [4.69, 9.17) is 16.6 Å². The fourth-order valence-corrected chi connectivity index (χ4v) is 4.27. The van der Waals surface area contributed by atoms with Crippen molar-refractivity contribution in [3.63, 3.8) is 0 Å². The second-order valence-corrected chi connectivity index (χ2v) is 8.05. The van der Waals surface area contributed by atoms with E-state index < -0.39 is 0 Å². The van der Waals surface area contributed by atoms with Crippen molar-refractivity contribution in [2.45, 2.75) is 19.4 Å². The first kappa shape index (κ1) is 20.6. The summed E-state index contributed by atoms with van der Waals surface area (Å²) in [5.41, 5.74) is 1.36. The van der Waals surface area contributed by atoms with Gasteiger partial charge in [0.15, 0.2) is 0 Å². The van der Waals surface area contributed by atoms with E-state index in [1.54, 1.807) is 35.9 Å². The average molecular weight is 425 g/mol. The van der Waals surface area contributed by atoms with E-state index in [1.165, 1.54) is 0 Å². The fourth-order valence-electron chi connectivity index (χ4n) is 4.15. The van der Waals surface area contributed by atoms with Crippen LogP contribution >= 0.6 is 11.6 Å². The van der Waals surface area contributed by atoms with Crippen LogP contribution in [0.25, 0.3) is 10.9 Å². The Morgan fingerprint density at radius 1 is 1.07 bits per heavy atom. The minimum Gasteiger partial charge on any atom is -0.336 e. The fraction of sp³-hybridized carbons (Fsp3) is 0.348. The molecule has 1 aliphatic heterocycles. The third-order valence-electron chi connectivity index (χ3n) is 5.84. The molecule has 1 atom stereocenters. The van der Waals surface area contributed by atoms with E-state index in [2.05, 4.69) is 11.8 Å². The maximum absolute atomic E-state index is 12.8. The van der Waals surface area contributed by atoms with Gasteiger partial charge in [0.25, 0.3) is 11.5 Å². The van der Waals surface area contributed by atoms with Gasteiger partial charge in [0.2, 0.25) is 0 Å². The van der Waals surface area contributed by atoms with Crippen LogP contribution in [-0.2, 0) is 7.05 Å². The highest BCUT2D eigenvalue weighted by Crippen LogP contribution is 2.25. The summed E-state index contributed by atoms with van der Waals surface area (Å²) >= 11 is 5.93. The number of benzene rings is 2. The molecule has 3 aromatic rings. The standard InChI is InChI=1S/C23H25ClN4O2/c1-3-20(21-25-19-7-5-4-6-18(19)23(30)26(21)2)27-12-14-28(15-13-27)22(29)16-8-10-17(24)11-9-16/h4-11,20H,3,12-15H2,1-2H3. The van der Waals surface area contributed by atoms with Gasteiger partial charge in [-0.1, -0.05) is 30.7 Å². The number of halogens is 1. The second-order valence-electron chi connectivity index (χ2n) is 7.61. The normalized spacial score (nSPS) is 16.0. The molecule has 1 fully saturated rings. The lowest BCUT2D eigenvalue weighted by atomic mass is 10.1. The van der Waals surface area contributed by atoms with Crippen molar-refractivity contribution >= 4 is 28.4 Å². The average Bonchev–Trinajstić information content (AvgIpc) is 2.78. The maximum Gasteiger partial charge on any atom is 0.261 e. The largest absolute Gasteiger partial charge is 0.336 e. The molecule has 1 unspecified atom stereocenters. The molecule has 1 aromatic heterocycles. The Bertz CT molecular complexity index is 1120. The van der Waals surface area contributed by atoms with E-state index in [9.17, 15) is 9.59 Å². The van der Waals surface area contributed by atoms with E-state index in [1.807, 2.05) is 29.2 Å². The lowest BCUT2D eigenvalue weighted by Gasteiger charge is -2.39. The number of piperazine rings is 1. The molecule has 1 saturated heterocycles. The minimum atomic E-state index is -0.0226. The van der Waals surface area contributed by atoms with E-state index in [0.717, 1.165) is 30.9 Å². The van der Waals surface area contributed by atoms with Crippen LogP contribution in [0.1, 0.15) is 35.6 Å². The Morgan fingerprint density at radius 3 is 2.40 bits per heavy atom. The van der Waals surface area contributed by atoms with Crippen LogP contribution in [0.15, 0.2) is 53.3 Å². The van der Waals surface area contributed by atoms with E-state index in [-0.39, 0.29) is 17.5 Å². The summed E-state index contributed by atoms with van der Waals surface area (Å²) in [7, 11) is 1.79. The van der Waals surface area contributed by atoms with Gasteiger partial charge < -0.3 is 4.90 Å². The van der Waals surface area contributed by atoms with Gasteiger partial charge in [-0.25, -0.2) is 4.98 Å². The van der Waals surface area contributed by atoms with Gasteiger partial charge >= 0.3 is 0 Å². The van der Waals surface area contributed by atoms with Crippen molar-refractivity contribution < 1.29 is 4.79 Å². The number of carbonyl (C=O) groups excluding carboxylic acids is 1. The van der Waals surface area contributed by atoms with Crippen LogP contribution in [0, 0.1) is 0 Å². The number of amides is 1. The number of rotatable bonds is 4. The van der Waals surface area contributed by atoms with Gasteiger partial charge in [-0.15, -0.1) is 0 Å². The van der Waals surface area contributed by atoms with Crippen LogP contribution in [0.2, 0.25) is 5.02 Å². The Hall–Kier alpha value is -2.70. The molecule has 0 bridgehead atoms. The molecule has 2 aromatic carbocycles. The highest BCUT2D eigenvalue weighted by atomic mass is 35.5. The van der Waals surface area contributed by atoms with Crippen molar-refractivity contribution in [3.8, 4) is 0 Å². The predicted molar refractivity (Wildman–Crippen MR) is 119 cm³/mol. The molecule has 0 N–H and O–H groups in total. The van der Waals surface area contributed by atoms with Crippen molar-refractivity contribution in [2.24, 2.45) is 7.05 Å². The summed E-state index contributed by atoms with van der Waals surface area (Å²) in [6.07, 6.45) is 0.837. The zero-order chi connectivity index (χ0) is 21.3. The lowest BCUT2D eigenvalue weighted by molar-refractivity contribution is 0.0550. The number of hydrogen-bond acceptors (Lipinski definition) is 4. The summed E-state index contributed by atoms with van der Waals surface area (Å²) in [6, 6.07) is 14.5. The third-order valence-corrected chi connectivity index (χ3v) is 6.09. The summed E-state index contributed by atoms with van der Waals surface area (Å²) in [4.78, 5) is 34.6. The highest BCUT2D eigenvalue weighted by molar-refractivity contribution is 6.30. The first-order chi connectivity index (χ1) is 14.5. The summed E-state index contributed by atoms with van der Waals surface area (Å²) in [5.74, 6) is 0.800. The Balaban J connectivity index is 1.53. The molecule has 0 aliphatic carbocycles. The Morgan fingerprint density at radius 2 is 1.73 bits per heavy atom. The second kappa shape index (κ2) is 8.58. The molecule has 30 heavy (non-hydrogen) atoms. The molecule has 0 radical (unpaired) electrons. The summed E-state index contributed by atoms with van der Waals surface area (Å²) in [6.45, 7) is 4.86. The zero-order valence-electron chi connectivity index (χ0n) is 17.2. The van der Waals surface area contributed by atoms with Crippen LogP contribution < -0.4 is 5.56 Å². The first-order valence-corrected chi connectivity index (χ1v) is 10.6. The zero-order valence-corrected chi connectivity index (χ0v) is 18.0.